The van der Waals surface area contributed by atoms with Crippen molar-refractivity contribution in [1.82, 2.24) is 0 Å². The van der Waals surface area contributed by atoms with E-state index in [0.717, 1.165) is 0 Å². The van der Waals surface area contributed by atoms with Crippen molar-refractivity contribution in [2.75, 3.05) is 5.32 Å². The Morgan fingerprint density at radius 3 is 2.64 bits per heavy atom. The van der Waals surface area contributed by atoms with Crippen LogP contribution in [0.1, 0.15) is 15.9 Å². The number of carbonyl (C=O) groups is 2. The van der Waals surface area contributed by atoms with Crippen LogP contribution in [0.4, 0.5) is 10.1 Å². The topological polar surface area (TPSA) is 66.4 Å². The molecule has 2 N–H and O–H groups in total. The highest BCUT2D eigenvalue weighted by Crippen LogP contribution is 2.20. The molecule has 0 aliphatic rings. The normalized spacial score (nSPS) is 10.6. The lowest BCUT2D eigenvalue weighted by Gasteiger charge is -2.06. The Kier molecular flexibility index (Phi) is 4.91. The molecule has 22 heavy (non-hydrogen) atoms. The average molecular weight is 320 g/mol. The summed E-state index contributed by atoms with van der Waals surface area (Å²) in [5.41, 5.74) is 0.538. The van der Waals surface area contributed by atoms with Gasteiger partial charge >= 0.3 is 5.97 Å². The van der Waals surface area contributed by atoms with Crippen LogP contribution in [0.2, 0.25) is 5.02 Å². The van der Waals surface area contributed by atoms with Gasteiger partial charge in [-0.15, -0.1) is 0 Å². The SMILES string of the molecule is O=C(/C=C/c1cccc(F)c1)Nc1ccc(Cl)cc1C(=O)O. The smallest absolute Gasteiger partial charge is 0.337 e. The van der Waals surface area contributed by atoms with Gasteiger partial charge in [0.1, 0.15) is 5.82 Å². The van der Waals surface area contributed by atoms with Crippen molar-refractivity contribution in [3.63, 3.8) is 0 Å². The van der Waals surface area contributed by atoms with Crippen molar-refractivity contribution in [2.45, 2.75) is 0 Å². The van der Waals surface area contributed by atoms with E-state index in [4.69, 9.17) is 16.7 Å². The molecule has 0 unspecified atom stereocenters. The molecule has 0 bridgehead atoms. The molecule has 2 aromatic carbocycles. The molecule has 6 heteroatoms. The molecule has 2 rings (SSSR count). The maximum Gasteiger partial charge on any atom is 0.337 e. The number of carboxylic acids is 1. The first kappa shape index (κ1) is 15.7. The third-order valence-electron chi connectivity index (χ3n) is 2.75. The lowest BCUT2D eigenvalue weighted by Crippen LogP contribution is -2.12. The second kappa shape index (κ2) is 6.87. The van der Waals surface area contributed by atoms with Gasteiger partial charge in [-0.25, -0.2) is 9.18 Å². The molecule has 0 spiro atoms. The van der Waals surface area contributed by atoms with Crippen LogP contribution in [0.3, 0.4) is 0 Å². The molecule has 0 aliphatic carbocycles. The molecular formula is C16H11ClFNO3. The highest BCUT2D eigenvalue weighted by atomic mass is 35.5. The molecular weight excluding hydrogens is 309 g/mol. The number of rotatable bonds is 4. The van der Waals surface area contributed by atoms with E-state index in [0.29, 0.717) is 5.56 Å². The lowest BCUT2D eigenvalue weighted by molar-refractivity contribution is -0.111. The number of halogens is 2. The van der Waals surface area contributed by atoms with Crippen LogP contribution in [-0.2, 0) is 4.79 Å². The minimum atomic E-state index is -1.20. The molecule has 0 saturated carbocycles. The summed E-state index contributed by atoms with van der Waals surface area (Å²) >= 11 is 5.73. The van der Waals surface area contributed by atoms with E-state index in [1.165, 1.54) is 48.6 Å². The van der Waals surface area contributed by atoms with Crippen LogP contribution in [0.25, 0.3) is 6.08 Å². The van der Waals surface area contributed by atoms with Gasteiger partial charge in [0.2, 0.25) is 5.91 Å². The quantitative estimate of drug-likeness (QED) is 0.842. The Morgan fingerprint density at radius 1 is 1.18 bits per heavy atom. The summed E-state index contributed by atoms with van der Waals surface area (Å²) in [7, 11) is 0. The summed E-state index contributed by atoms with van der Waals surface area (Å²) in [6.07, 6.45) is 2.61. The van der Waals surface area contributed by atoms with Crippen LogP contribution >= 0.6 is 11.6 Å². The van der Waals surface area contributed by atoms with Crippen molar-refractivity contribution < 1.29 is 19.1 Å². The van der Waals surface area contributed by atoms with E-state index >= 15 is 0 Å². The van der Waals surface area contributed by atoms with Gasteiger partial charge in [-0.2, -0.15) is 0 Å². The molecule has 0 atom stereocenters. The summed E-state index contributed by atoms with van der Waals surface area (Å²) in [6, 6.07) is 9.85. The van der Waals surface area contributed by atoms with E-state index in [9.17, 15) is 14.0 Å². The summed E-state index contributed by atoms with van der Waals surface area (Å²) in [5.74, 6) is -2.14. The standard InChI is InChI=1S/C16H11ClFNO3/c17-11-5-6-14(13(9-11)16(21)22)19-15(20)7-4-10-2-1-3-12(18)8-10/h1-9H,(H,19,20)(H,21,22)/b7-4+. The fourth-order valence-electron chi connectivity index (χ4n) is 1.76. The number of hydrogen-bond acceptors (Lipinski definition) is 2. The van der Waals surface area contributed by atoms with E-state index in [-0.39, 0.29) is 16.3 Å². The number of aromatic carboxylic acids is 1. The van der Waals surface area contributed by atoms with Gasteiger partial charge in [-0.1, -0.05) is 23.7 Å². The predicted octanol–water partition coefficient (Wildman–Crippen LogP) is 3.83. The Morgan fingerprint density at radius 2 is 1.95 bits per heavy atom. The summed E-state index contributed by atoms with van der Waals surface area (Å²) in [6.45, 7) is 0. The number of carboxylic acid groups (broad SMARTS) is 1. The van der Waals surface area contributed by atoms with E-state index in [1.54, 1.807) is 6.07 Å². The fourth-order valence-corrected chi connectivity index (χ4v) is 1.93. The van der Waals surface area contributed by atoms with Gasteiger partial charge in [-0.05, 0) is 42.0 Å². The van der Waals surface area contributed by atoms with Crippen molar-refractivity contribution >= 4 is 35.2 Å². The Bertz CT molecular complexity index is 759. The fraction of sp³-hybridized carbons (Fsp3) is 0. The molecule has 0 aromatic heterocycles. The van der Waals surface area contributed by atoms with Gasteiger partial charge < -0.3 is 10.4 Å². The predicted molar refractivity (Wildman–Crippen MR) is 82.5 cm³/mol. The van der Waals surface area contributed by atoms with Gasteiger partial charge in [0.25, 0.3) is 0 Å². The van der Waals surface area contributed by atoms with Crippen LogP contribution in [0, 0.1) is 5.82 Å². The zero-order valence-corrected chi connectivity index (χ0v) is 12.0. The van der Waals surface area contributed by atoms with Crippen LogP contribution in [0.15, 0.2) is 48.5 Å². The zero-order chi connectivity index (χ0) is 16.1. The van der Waals surface area contributed by atoms with Gasteiger partial charge in [0.15, 0.2) is 0 Å². The molecule has 4 nitrogen and oxygen atoms in total. The van der Waals surface area contributed by atoms with E-state index < -0.39 is 17.7 Å². The number of anilines is 1. The molecule has 0 heterocycles. The second-order valence-electron chi connectivity index (χ2n) is 4.37. The minimum absolute atomic E-state index is 0.111. The molecule has 112 valence electrons. The van der Waals surface area contributed by atoms with Crippen LogP contribution < -0.4 is 5.32 Å². The Hall–Kier alpha value is -2.66. The van der Waals surface area contributed by atoms with E-state index in [2.05, 4.69) is 5.32 Å². The number of nitrogens with one attached hydrogen (secondary N) is 1. The van der Waals surface area contributed by atoms with Crippen molar-refractivity contribution in [3.8, 4) is 0 Å². The van der Waals surface area contributed by atoms with Gasteiger partial charge in [0, 0.05) is 11.1 Å². The van der Waals surface area contributed by atoms with Crippen LogP contribution in [-0.4, -0.2) is 17.0 Å². The summed E-state index contributed by atoms with van der Waals surface area (Å²) in [5, 5.41) is 11.8. The summed E-state index contributed by atoms with van der Waals surface area (Å²) < 4.78 is 13.0. The third-order valence-corrected chi connectivity index (χ3v) is 2.98. The lowest BCUT2D eigenvalue weighted by atomic mass is 10.1. The third kappa shape index (κ3) is 4.17. The average Bonchev–Trinajstić information content (AvgIpc) is 2.47. The molecule has 0 saturated heterocycles. The Balaban J connectivity index is 2.14. The maximum atomic E-state index is 13.0. The van der Waals surface area contributed by atoms with Crippen molar-refractivity contribution in [3.05, 3.63) is 70.5 Å². The molecule has 2 aromatic rings. The first-order valence-electron chi connectivity index (χ1n) is 6.23. The maximum absolute atomic E-state index is 13.0. The highest BCUT2D eigenvalue weighted by Gasteiger charge is 2.12. The zero-order valence-electron chi connectivity index (χ0n) is 11.2. The first-order valence-corrected chi connectivity index (χ1v) is 6.61. The van der Waals surface area contributed by atoms with Gasteiger partial charge in [-0.3, -0.25) is 4.79 Å². The first-order chi connectivity index (χ1) is 10.5. The Labute approximate surface area is 130 Å². The number of benzene rings is 2. The number of carbonyl (C=O) groups excluding carboxylic acids is 1. The monoisotopic (exact) mass is 319 g/mol. The largest absolute Gasteiger partial charge is 0.478 e. The molecule has 0 radical (unpaired) electrons. The highest BCUT2D eigenvalue weighted by molar-refractivity contribution is 6.31. The minimum Gasteiger partial charge on any atom is -0.478 e. The van der Waals surface area contributed by atoms with E-state index in [1.807, 2.05) is 0 Å². The van der Waals surface area contributed by atoms with Crippen molar-refractivity contribution in [2.24, 2.45) is 0 Å². The second-order valence-corrected chi connectivity index (χ2v) is 4.81. The molecule has 0 fully saturated rings. The molecule has 1 amide bonds. The van der Waals surface area contributed by atoms with Crippen molar-refractivity contribution in [1.29, 1.82) is 0 Å². The number of hydrogen-bond donors (Lipinski definition) is 2. The number of amides is 1. The van der Waals surface area contributed by atoms with Crippen LogP contribution in [0.5, 0.6) is 0 Å². The molecule has 0 aliphatic heterocycles. The summed E-state index contributed by atoms with van der Waals surface area (Å²) in [4.78, 5) is 22.9. The van der Waals surface area contributed by atoms with Gasteiger partial charge in [0.05, 0.1) is 11.3 Å².